The van der Waals surface area contributed by atoms with Gasteiger partial charge in [0, 0.05) is 18.9 Å². The van der Waals surface area contributed by atoms with Crippen LogP contribution in [0.2, 0.25) is 0 Å². The fourth-order valence-electron chi connectivity index (χ4n) is 1.13. The van der Waals surface area contributed by atoms with Crippen molar-refractivity contribution in [3.05, 3.63) is 36.7 Å². The van der Waals surface area contributed by atoms with E-state index in [0.29, 0.717) is 0 Å². The molecule has 2 rings (SSSR count). The maximum atomic E-state index is 3.69. The molecule has 0 saturated carbocycles. The SMILES string of the molecule is Cn1cccc1CNn1cnnc1. The molecular formula is C8H11N5. The first-order chi connectivity index (χ1) is 6.36. The van der Waals surface area contributed by atoms with E-state index in [4.69, 9.17) is 0 Å². The van der Waals surface area contributed by atoms with E-state index in [1.807, 2.05) is 19.3 Å². The number of nitrogens with zero attached hydrogens (tertiary/aromatic N) is 4. The summed E-state index contributed by atoms with van der Waals surface area (Å²) in [5, 5.41) is 7.38. The van der Waals surface area contributed by atoms with Crippen LogP contribution in [0.25, 0.3) is 0 Å². The lowest BCUT2D eigenvalue weighted by Crippen LogP contribution is -2.13. The monoisotopic (exact) mass is 177 g/mol. The number of hydrogen-bond donors (Lipinski definition) is 1. The molecule has 0 aliphatic heterocycles. The van der Waals surface area contributed by atoms with Crippen LogP contribution in [0.15, 0.2) is 31.0 Å². The van der Waals surface area contributed by atoms with Gasteiger partial charge in [0.25, 0.3) is 0 Å². The zero-order valence-corrected chi connectivity index (χ0v) is 7.38. The first-order valence-electron chi connectivity index (χ1n) is 4.05. The minimum absolute atomic E-state index is 0.765. The summed E-state index contributed by atoms with van der Waals surface area (Å²) in [6, 6.07) is 4.08. The molecule has 0 unspecified atom stereocenters. The topological polar surface area (TPSA) is 47.7 Å². The van der Waals surface area contributed by atoms with Crippen LogP contribution in [0.3, 0.4) is 0 Å². The van der Waals surface area contributed by atoms with Gasteiger partial charge < -0.3 is 9.99 Å². The molecule has 2 aromatic heterocycles. The Kier molecular flexibility index (Phi) is 1.99. The zero-order chi connectivity index (χ0) is 9.10. The molecule has 5 nitrogen and oxygen atoms in total. The summed E-state index contributed by atoms with van der Waals surface area (Å²) in [5.41, 5.74) is 4.36. The van der Waals surface area contributed by atoms with Gasteiger partial charge in [-0.25, -0.2) is 4.68 Å². The van der Waals surface area contributed by atoms with E-state index in [2.05, 4.69) is 26.3 Å². The van der Waals surface area contributed by atoms with Gasteiger partial charge in [-0.15, -0.1) is 10.2 Å². The molecule has 0 atom stereocenters. The second kappa shape index (κ2) is 3.30. The second-order valence-corrected chi connectivity index (χ2v) is 2.81. The summed E-state index contributed by atoms with van der Waals surface area (Å²) >= 11 is 0. The Morgan fingerprint density at radius 2 is 2.15 bits per heavy atom. The Bertz CT molecular complexity index is 362. The van der Waals surface area contributed by atoms with Gasteiger partial charge in [-0.2, -0.15) is 0 Å². The highest BCUT2D eigenvalue weighted by Gasteiger charge is 1.95. The molecule has 0 fully saturated rings. The normalized spacial score (nSPS) is 10.2. The minimum Gasteiger partial charge on any atom is -0.353 e. The summed E-state index contributed by atoms with van der Waals surface area (Å²) in [6.07, 6.45) is 5.27. The predicted octanol–water partition coefficient (Wildman–Crippen LogP) is 0.360. The van der Waals surface area contributed by atoms with Crippen LogP contribution in [-0.4, -0.2) is 19.4 Å². The summed E-state index contributed by atoms with van der Waals surface area (Å²) in [5.74, 6) is 0. The van der Waals surface area contributed by atoms with Crippen molar-refractivity contribution in [1.82, 2.24) is 19.4 Å². The molecule has 0 radical (unpaired) electrons. The van der Waals surface area contributed by atoms with Crippen molar-refractivity contribution >= 4 is 0 Å². The van der Waals surface area contributed by atoms with E-state index >= 15 is 0 Å². The molecule has 2 aromatic rings. The number of aromatic nitrogens is 4. The van der Waals surface area contributed by atoms with Gasteiger partial charge in [-0.3, -0.25) is 0 Å². The molecule has 0 aliphatic carbocycles. The molecule has 2 heterocycles. The summed E-state index contributed by atoms with van der Waals surface area (Å²) < 4.78 is 3.80. The summed E-state index contributed by atoms with van der Waals surface area (Å²) in [6.45, 7) is 0.765. The van der Waals surface area contributed by atoms with E-state index in [9.17, 15) is 0 Å². The molecule has 5 heteroatoms. The fraction of sp³-hybridized carbons (Fsp3) is 0.250. The van der Waals surface area contributed by atoms with Crippen LogP contribution in [0.1, 0.15) is 5.69 Å². The highest BCUT2D eigenvalue weighted by Crippen LogP contribution is 1.98. The molecule has 0 spiro atoms. The van der Waals surface area contributed by atoms with Gasteiger partial charge in [0.2, 0.25) is 0 Å². The largest absolute Gasteiger partial charge is 0.353 e. The summed E-state index contributed by atoms with van der Waals surface area (Å²) in [7, 11) is 2.02. The van der Waals surface area contributed by atoms with Crippen molar-refractivity contribution in [3.8, 4) is 0 Å². The van der Waals surface area contributed by atoms with Gasteiger partial charge >= 0.3 is 0 Å². The first-order valence-corrected chi connectivity index (χ1v) is 4.05. The van der Waals surface area contributed by atoms with Gasteiger partial charge in [-0.1, -0.05) is 0 Å². The third-order valence-electron chi connectivity index (χ3n) is 1.91. The molecule has 1 N–H and O–H groups in total. The highest BCUT2D eigenvalue weighted by atomic mass is 15.5. The molecule has 0 amide bonds. The Hall–Kier alpha value is -1.78. The predicted molar refractivity (Wildman–Crippen MR) is 48.5 cm³/mol. The van der Waals surface area contributed by atoms with Gasteiger partial charge in [0.05, 0.1) is 6.54 Å². The average Bonchev–Trinajstić information content (AvgIpc) is 2.72. The first kappa shape index (κ1) is 7.85. The smallest absolute Gasteiger partial charge is 0.138 e. The van der Waals surface area contributed by atoms with Crippen molar-refractivity contribution in [2.45, 2.75) is 6.54 Å². The third-order valence-corrected chi connectivity index (χ3v) is 1.91. The quantitative estimate of drug-likeness (QED) is 0.736. The van der Waals surface area contributed by atoms with Crippen molar-refractivity contribution in [2.24, 2.45) is 7.05 Å². The zero-order valence-electron chi connectivity index (χ0n) is 7.38. The molecule has 0 aliphatic rings. The number of aryl methyl sites for hydroxylation is 1. The van der Waals surface area contributed by atoms with Crippen molar-refractivity contribution in [1.29, 1.82) is 0 Å². The van der Waals surface area contributed by atoms with Gasteiger partial charge in [0.15, 0.2) is 0 Å². The Labute approximate surface area is 76.0 Å². The lowest BCUT2D eigenvalue weighted by molar-refractivity contribution is 0.770. The lowest BCUT2D eigenvalue weighted by atomic mass is 10.4. The van der Waals surface area contributed by atoms with E-state index in [-0.39, 0.29) is 0 Å². The van der Waals surface area contributed by atoms with Crippen molar-refractivity contribution in [2.75, 3.05) is 5.43 Å². The second-order valence-electron chi connectivity index (χ2n) is 2.81. The van der Waals surface area contributed by atoms with Crippen LogP contribution in [0.4, 0.5) is 0 Å². The molecule has 0 aromatic carbocycles. The Morgan fingerprint density at radius 3 is 2.77 bits per heavy atom. The van der Waals surface area contributed by atoms with Crippen LogP contribution in [-0.2, 0) is 13.6 Å². The van der Waals surface area contributed by atoms with Gasteiger partial charge in [-0.05, 0) is 12.1 Å². The maximum Gasteiger partial charge on any atom is 0.138 e. The van der Waals surface area contributed by atoms with Crippen LogP contribution < -0.4 is 5.43 Å². The Morgan fingerprint density at radius 1 is 1.38 bits per heavy atom. The molecule has 68 valence electrons. The van der Waals surface area contributed by atoms with Crippen LogP contribution in [0.5, 0.6) is 0 Å². The number of rotatable bonds is 3. The molecule has 13 heavy (non-hydrogen) atoms. The fourth-order valence-corrected chi connectivity index (χ4v) is 1.13. The minimum atomic E-state index is 0.765. The molecular weight excluding hydrogens is 166 g/mol. The van der Waals surface area contributed by atoms with E-state index in [0.717, 1.165) is 6.54 Å². The molecule has 0 saturated heterocycles. The Balaban J connectivity index is 1.97. The number of nitrogens with one attached hydrogen (secondary N) is 1. The van der Waals surface area contributed by atoms with E-state index in [1.54, 1.807) is 17.3 Å². The van der Waals surface area contributed by atoms with Crippen molar-refractivity contribution < 1.29 is 0 Å². The van der Waals surface area contributed by atoms with E-state index < -0.39 is 0 Å². The average molecular weight is 177 g/mol. The third kappa shape index (κ3) is 1.69. The van der Waals surface area contributed by atoms with Crippen LogP contribution in [0, 0.1) is 0 Å². The van der Waals surface area contributed by atoms with E-state index in [1.165, 1.54) is 5.69 Å². The lowest BCUT2D eigenvalue weighted by Gasteiger charge is -2.06. The number of hydrogen-bond acceptors (Lipinski definition) is 3. The van der Waals surface area contributed by atoms with Crippen LogP contribution >= 0.6 is 0 Å². The standard InChI is InChI=1S/C8H11N5/c1-12-4-2-3-8(12)5-11-13-6-9-10-7-13/h2-4,6-7,11H,5H2,1H3. The van der Waals surface area contributed by atoms with Gasteiger partial charge in [0.1, 0.15) is 12.7 Å². The maximum absolute atomic E-state index is 3.69. The highest BCUT2D eigenvalue weighted by molar-refractivity contribution is 5.07. The summed E-state index contributed by atoms with van der Waals surface area (Å²) in [4.78, 5) is 0. The molecule has 0 bridgehead atoms. The van der Waals surface area contributed by atoms with Crippen molar-refractivity contribution in [3.63, 3.8) is 0 Å².